The highest BCUT2D eigenvalue weighted by Gasteiger charge is 2.04. The van der Waals surface area contributed by atoms with Crippen LogP contribution in [0, 0.1) is 0 Å². The molecule has 3 heterocycles. The standard InChI is InChI=1S/C21H17N3/c1-2-8-17(9-3-1)20-12-6-10-18(22-20)16-19-11-7-13-21(23-19)24-14-4-5-15-24/h1-15H,16H2. The maximum atomic E-state index is 4.78. The Hall–Kier alpha value is -3.20. The molecule has 0 spiro atoms. The Morgan fingerprint density at radius 1 is 0.625 bits per heavy atom. The molecule has 3 nitrogen and oxygen atoms in total. The molecule has 0 atom stereocenters. The van der Waals surface area contributed by atoms with E-state index in [2.05, 4.69) is 24.3 Å². The molecule has 0 fully saturated rings. The van der Waals surface area contributed by atoms with E-state index in [9.17, 15) is 0 Å². The van der Waals surface area contributed by atoms with Gasteiger partial charge in [-0.15, -0.1) is 0 Å². The largest absolute Gasteiger partial charge is 0.309 e. The van der Waals surface area contributed by atoms with Crippen LogP contribution in [-0.2, 0) is 6.42 Å². The van der Waals surface area contributed by atoms with Crippen molar-refractivity contribution in [3.05, 3.63) is 103 Å². The zero-order chi connectivity index (χ0) is 16.2. The molecule has 1 aromatic carbocycles. The highest BCUT2D eigenvalue weighted by Crippen LogP contribution is 2.18. The predicted molar refractivity (Wildman–Crippen MR) is 96.0 cm³/mol. The number of benzene rings is 1. The molecule has 0 bridgehead atoms. The number of aromatic nitrogens is 3. The van der Waals surface area contributed by atoms with E-state index in [1.165, 1.54) is 0 Å². The summed E-state index contributed by atoms with van der Waals surface area (Å²) in [5.74, 6) is 0.928. The first-order chi connectivity index (χ1) is 11.9. The van der Waals surface area contributed by atoms with Gasteiger partial charge in [0.2, 0.25) is 0 Å². The van der Waals surface area contributed by atoms with Gasteiger partial charge in [-0.1, -0.05) is 42.5 Å². The summed E-state index contributed by atoms with van der Waals surface area (Å²) in [4.78, 5) is 9.52. The number of hydrogen-bond acceptors (Lipinski definition) is 2. The minimum absolute atomic E-state index is 0.718. The van der Waals surface area contributed by atoms with Crippen LogP contribution in [-0.4, -0.2) is 14.5 Å². The Kier molecular flexibility index (Phi) is 3.90. The van der Waals surface area contributed by atoms with Gasteiger partial charge in [-0.25, -0.2) is 4.98 Å². The van der Waals surface area contributed by atoms with Crippen LogP contribution < -0.4 is 0 Å². The highest BCUT2D eigenvalue weighted by molar-refractivity contribution is 5.58. The molecule has 0 saturated heterocycles. The van der Waals surface area contributed by atoms with Gasteiger partial charge in [-0.2, -0.15) is 0 Å². The lowest BCUT2D eigenvalue weighted by Crippen LogP contribution is -2.00. The van der Waals surface area contributed by atoms with Crippen LogP contribution in [0.15, 0.2) is 91.3 Å². The molecule has 0 amide bonds. The maximum Gasteiger partial charge on any atom is 0.136 e. The van der Waals surface area contributed by atoms with Gasteiger partial charge in [-0.3, -0.25) is 4.98 Å². The molecule has 0 aliphatic rings. The molecule has 24 heavy (non-hydrogen) atoms. The molecule has 3 heteroatoms. The third kappa shape index (κ3) is 3.10. The molecule has 0 saturated carbocycles. The van der Waals surface area contributed by atoms with Gasteiger partial charge in [0.15, 0.2) is 0 Å². The topological polar surface area (TPSA) is 30.7 Å². The van der Waals surface area contributed by atoms with Crippen molar-refractivity contribution in [1.82, 2.24) is 14.5 Å². The normalized spacial score (nSPS) is 10.7. The zero-order valence-electron chi connectivity index (χ0n) is 13.2. The number of nitrogens with zero attached hydrogens (tertiary/aromatic N) is 3. The summed E-state index contributed by atoms with van der Waals surface area (Å²) in [5, 5.41) is 0. The van der Waals surface area contributed by atoms with Crippen LogP contribution in [0.3, 0.4) is 0 Å². The van der Waals surface area contributed by atoms with Crippen LogP contribution in [0.5, 0.6) is 0 Å². The number of hydrogen-bond donors (Lipinski definition) is 0. The van der Waals surface area contributed by atoms with E-state index < -0.39 is 0 Å². The van der Waals surface area contributed by atoms with Crippen LogP contribution in [0.1, 0.15) is 11.4 Å². The van der Waals surface area contributed by atoms with Crippen LogP contribution in [0.4, 0.5) is 0 Å². The molecular weight excluding hydrogens is 294 g/mol. The SMILES string of the molecule is c1ccc(-c2cccc(Cc3cccc(-n4cccc4)n3)n2)cc1. The summed E-state index contributed by atoms with van der Waals surface area (Å²) < 4.78 is 2.01. The first-order valence-electron chi connectivity index (χ1n) is 7.99. The third-order valence-corrected chi connectivity index (χ3v) is 3.90. The minimum Gasteiger partial charge on any atom is -0.309 e. The molecule has 4 rings (SSSR count). The molecule has 0 aliphatic carbocycles. The van der Waals surface area contributed by atoms with Crippen LogP contribution >= 0.6 is 0 Å². The van der Waals surface area contributed by atoms with Crippen molar-refractivity contribution in [2.75, 3.05) is 0 Å². The van der Waals surface area contributed by atoms with E-state index in [4.69, 9.17) is 9.97 Å². The van der Waals surface area contributed by atoms with E-state index in [0.29, 0.717) is 0 Å². The van der Waals surface area contributed by atoms with E-state index in [0.717, 1.165) is 34.9 Å². The summed E-state index contributed by atoms with van der Waals surface area (Å²) in [6.07, 6.45) is 4.72. The quantitative estimate of drug-likeness (QED) is 0.554. The molecule has 4 aromatic rings. The molecule has 116 valence electrons. The van der Waals surface area contributed by atoms with E-state index in [1.807, 2.05) is 71.6 Å². The van der Waals surface area contributed by atoms with Gasteiger partial charge >= 0.3 is 0 Å². The first kappa shape index (κ1) is 14.4. The molecule has 0 unspecified atom stereocenters. The lowest BCUT2D eigenvalue weighted by atomic mass is 10.1. The average molecular weight is 311 g/mol. The molecule has 0 aliphatic heterocycles. The van der Waals surface area contributed by atoms with Crippen molar-refractivity contribution >= 4 is 0 Å². The van der Waals surface area contributed by atoms with Gasteiger partial charge in [0.25, 0.3) is 0 Å². The Labute approximate surface area is 141 Å². The maximum absolute atomic E-state index is 4.78. The second kappa shape index (κ2) is 6.50. The van der Waals surface area contributed by atoms with E-state index in [-0.39, 0.29) is 0 Å². The van der Waals surface area contributed by atoms with Gasteiger partial charge in [0.1, 0.15) is 5.82 Å². The summed E-state index contributed by atoms with van der Waals surface area (Å²) >= 11 is 0. The van der Waals surface area contributed by atoms with Gasteiger partial charge in [0.05, 0.1) is 5.69 Å². The summed E-state index contributed by atoms with van der Waals surface area (Å²) in [5.41, 5.74) is 4.16. The van der Waals surface area contributed by atoms with E-state index in [1.54, 1.807) is 0 Å². The number of rotatable bonds is 4. The predicted octanol–water partition coefficient (Wildman–Crippen LogP) is 4.53. The van der Waals surface area contributed by atoms with Crippen molar-refractivity contribution in [2.24, 2.45) is 0 Å². The van der Waals surface area contributed by atoms with Crippen LogP contribution in [0.2, 0.25) is 0 Å². The fourth-order valence-electron chi connectivity index (χ4n) is 2.73. The first-order valence-corrected chi connectivity index (χ1v) is 7.99. The Morgan fingerprint density at radius 2 is 1.33 bits per heavy atom. The van der Waals surface area contributed by atoms with Crippen molar-refractivity contribution < 1.29 is 0 Å². The summed E-state index contributed by atoms with van der Waals surface area (Å²) in [6.45, 7) is 0. The smallest absolute Gasteiger partial charge is 0.136 e. The highest BCUT2D eigenvalue weighted by atomic mass is 15.0. The minimum atomic E-state index is 0.718. The lowest BCUT2D eigenvalue weighted by molar-refractivity contribution is 0.948. The summed E-state index contributed by atoms with van der Waals surface area (Å²) in [6, 6.07) is 26.5. The van der Waals surface area contributed by atoms with Crippen molar-refractivity contribution in [1.29, 1.82) is 0 Å². The van der Waals surface area contributed by atoms with Gasteiger partial charge in [0, 0.05) is 35.8 Å². The zero-order valence-corrected chi connectivity index (χ0v) is 13.2. The fraction of sp³-hybridized carbons (Fsp3) is 0.0476. The van der Waals surface area contributed by atoms with Crippen LogP contribution in [0.25, 0.3) is 17.1 Å². The van der Waals surface area contributed by atoms with Gasteiger partial charge in [-0.05, 0) is 36.4 Å². The second-order valence-corrected chi connectivity index (χ2v) is 5.63. The molecule has 0 N–H and O–H groups in total. The number of pyridine rings is 2. The molecular formula is C21H17N3. The van der Waals surface area contributed by atoms with Crippen molar-refractivity contribution in [3.8, 4) is 17.1 Å². The third-order valence-electron chi connectivity index (χ3n) is 3.90. The monoisotopic (exact) mass is 311 g/mol. The fourth-order valence-corrected chi connectivity index (χ4v) is 2.73. The Morgan fingerprint density at radius 3 is 2.12 bits per heavy atom. The lowest BCUT2D eigenvalue weighted by Gasteiger charge is -2.07. The molecule has 0 radical (unpaired) electrons. The van der Waals surface area contributed by atoms with Gasteiger partial charge < -0.3 is 4.57 Å². The molecule has 3 aromatic heterocycles. The Bertz CT molecular complexity index is 928. The van der Waals surface area contributed by atoms with Crippen molar-refractivity contribution in [2.45, 2.75) is 6.42 Å². The van der Waals surface area contributed by atoms with Crippen molar-refractivity contribution in [3.63, 3.8) is 0 Å². The van der Waals surface area contributed by atoms with E-state index >= 15 is 0 Å². The summed E-state index contributed by atoms with van der Waals surface area (Å²) in [7, 11) is 0. The second-order valence-electron chi connectivity index (χ2n) is 5.63. The Balaban J connectivity index is 1.61. The average Bonchev–Trinajstić information content (AvgIpc) is 3.18.